The molecular weight excluding hydrogens is 483 g/mol. The molecule has 0 aliphatic heterocycles. The van der Waals surface area contributed by atoms with Crippen LogP contribution in [0.15, 0.2) is 57.5 Å². The van der Waals surface area contributed by atoms with E-state index in [1.165, 1.54) is 11.1 Å². The van der Waals surface area contributed by atoms with Gasteiger partial charge < -0.3 is 4.74 Å². The van der Waals surface area contributed by atoms with E-state index >= 15 is 0 Å². The maximum Gasteiger partial charge on any atom is 0.0919 e. The lowest BCUT2D eigenvalue weighted by atomic mass is 10.1. The van der Waals surface area contributed by atoms with Gasteiger partial charge in [-0.25, -0.2) is 0 Å². The highest BCUT2D eigenvalue weighted by molar-refractivity contribution is 14.1. The lowest BCUT2D eigenvalue weighted by Crippen LogP contribution is -2.06. The number of benzene rings is 2. The van der Waals surface area contributed by atoms with Gasteiger partial charge >= 0.3 is 0 Å². The van der Waals surface area contributed by atoms with Crippen molar-refractivity contribution in [2.75, 3.05) is 4.43 Å². The first-order valence-electron chi connectivity index (χ1n) is 5.86. The molecule has 0 spiro atoms. The van der Waals surface area contributed by atoms with E-state index in [-0.39, 0.29) is 6.10 Å². The molecule has 0 aromatic heterocycles. The predicted octanol–water partition coefficient (Wildman–Crippen LogP) is 5.90. The molecule has 0 aliphatic rings. The Morgan fingerprint density at radius 3 is 2.32 bits per heavy atom. The van der Waals surface area contributed by atoms with Crippen molar-refractivity contribution in [2.45, 2.75) is 12.7 Å². The second-order valence-electron chi connectivity index (χ2n) is 4.14. The van der Waals surface area contributed by atoms with E-state index in [1.807, 2.05) is 24.3 Å². The number of halogens is 3. The summed E-state index contributed by atoms with van der Waals surface area (Å²) in [5.74, 6) is 0. The van der Waals surface area contributed by atoms with E-state index in [0.717, 1.165) is 13.4 Å². The molecule has 0 heterocycles. The summed E-state index contributed by atoms with van der Waals surface area (Å²) in [6.07, 6.45) is 0.122. The summed E-state index contributed by atoms with van der Waals surface area (Å²) >= 11 is 9.34. The van der Waals surface area contributed by atoms with Crippen molar-refractivity contribution < 1.29 is 4.74 Å². The summed E-state index contributed by atoms with van der Waals surface area (Å²) in [4.78, 5) is 0. The molecule has 2 aromatic carbocycles. The number of hydrogen-bond donors (Lipinski definition) is 0. The first-order valence-corrected chi connectivity index (χ1v) is 8.97. The molecule has 4 heteroatoms. The molecule has 2 aromatic rings. The van der Waals surface area contributed by atoms with Crippen molar-refractivity contribution in [1.82, 2.24) is 0 Å². The fourth-order valence-electron chi connectivity index (χ4n) is 1.76. The fraction of sp³-hybridized carbons (Fsp3) is 0.200. The van der Waals surface area contributed by atoms with E-state index in [4.69, 9.17) is 4.74 Å². The number of rotatable bonds is 5. The lowest BCUT2D eigenvalue weighted by Gasteiger charge is -2.16. The van der Waals surface area contributed by atoms with E-state index < -0.39 is 0 Å². The normalized spacial score (nSPS) is 12.4. The Labute approximate surface area is 144 Å². The van der Waals surface area contributed by atoms with Crippen molar-refractivity contribution in [3.05, 3.63) is 68.6 Å². The quantitative estimate of drug-likeness (QED) is 0.370. The first-order chi connectivity index (χ1) is 9.19. The largest absolute Gasteiger partial charge is 0.368 e. The Morgan fingerprint density at radius 2 is 1.68 bits per heavy atom. The van der Waals surface area contributed by atoms with Crippen molar-refractivity contribution in [3.63, 3.8) is 0 Å². The molecule has 1 nitrogen and oxygen atoms in total. The van der Waals surface area contributed by atoms with Gasteiger partial charge in [-0.3, -0.25) is 0 Å². The molecule has 0 radical (unpaired) electrons. The van der Waals surface area contributed by atoms with Crippen LogP contribution in [0, 0.1) is 0 Å². The molecular formula is C15H13Br2IO. The minimum absolute atomic E-state index is 0.122. The van der Waals surface area contributed by atoms with Crippen molar-refractivity contribution in [2.24, 2.45) is 0 Å². The van der Waals surface area contributed by atoms with Gasteiger partial charge in [0.2, 0.25) is 0 Å². The summed E-state index contributed by atoms with van der Waals surface area (Å²) in [5.41, 5.74) is 2.39. The molecule has 0 amide bonds. The highest BCUT2D eigenvalue weighted by atomic mass is 127. The van der Waals surface area contributed by atoms with Crippen molar-refractivity contribution in [3.8, 4) is 0 Å². The SMILES string of the molecule is Brc1cccc(COC(CI)c2cccc(Br)c2)c1. The van der Waals surface area contributed by atoms with Crippen LogP contribution in [0.5, 0.6) is 0 Å². The van der Waals surface area contributed by atoms with Gasteiger partial charge in [-0.2, -0.15) is 0 Å². The molecule has 19 heavy (non-hydrogen) atoms. The topological polar surface area (TPSA) is 9.23 Å². The van der Waals surface area contributed by atoms with Gasteiger partial charge in [0.1, 0.15) is 0 Å². The lowest BCUT2D eigenvalue weighted by molar-refractivity contribution is 0.0576. The molecule has 0 fully saturated rings. The third-order valence-corrected chi connectivity index (χ3v) is 4.49. The minimum atomic E-state index is 0.122. The van der Waals surface area contributed by atoms with Gasteiger partial charge in [-0.05, 0) is 35.4 Å². The Bertz CT molecular complexity index is 545. The van der Waals surface area contributed by atoms with Gasteiger partial charge in [-0.15, -0.1) is 0 Å². The van der Waals surface area contributed by atoms with Crippen LogP contribution in [0.4, 0.5) is 0 Å². The second-order valence-corrected chi connectivity index (χ2v) is 6.85. The Kier molecular flexibility index (Phi) is 6.32. The van der Waals surface area contributed by atoms with E-state index in [0.29, 0.717) is 6.61 Å². The Hall–Kier alpha value is 0.0900. The molecule has 100 valence electrons. The van der Waals surface area contributed by atoms with Crippen molar-refractivity contribution >= 4 is 54.5 Å². The molecule has 0 bridgehead atoms. The Morgan fingerprint density at radius 1 is 1.00 bits per heavy atom. The minimum Gasteiger partial charge on any atom is -0.368 e. The fourth-order valence-corrected chi connectivity index (χ4v) is 3.39. The van der Waals surface area contributed by atoms with E-state index in [2.05, 4.69) is 78.7 Å². The third kappa shape index (κ3) is 4.85. The van der Waals surface area contributed by atoms with Crippen LogP contribution in [0.25, 0.3) is 0 Å². The third-order valence-electron chi connectivity index (χ3n) is 2.70. The van der Waals surface area contributed by atoms with Crippen LogP contribution in [-0.4, -0.2) is 4.43 Å². The monoisotopic (exact) mass is 494 g/mol. The summed E-state index contributed by atoms with van der Waals surface area (Å²) < 4.78 is 9.13. The summed E-state index contributed by atoms with van der Waals surface area (Å²) in [7, 11) is 0. The average Bonchev–Trinajstić information content (AvgIpc) is 2.40. The van der Waals surface area contributed by atoms with Gasteiger partial charge in [0.05, 0.1) is 12.7 Å². The summed E-state index contributed by atoms with van der Waals surface area (Å²) in [6, 6.07) is 16.5. The molecule has 0 N–H and O–H groups in total. The molecule has 1 unspecified atom stereocenters. The van der Waals surface area contributed by atoms with Crippen LogP contribution >= 0.6 is 54.5 Å². The second kappa shape index (κ2) is 7.76. The van der Waals surface area contributed by atoms with E-state index in [1.54, 1.807) is 0 Å². The smallest absolute Gasteiger partial charge is 0.0919 e. The number of hydrogen-bond acceptors (Lipinski definition) is 1. The summed E-state index contributed by atoms with van der Waals surface area (Å²) in [6.45, 7) is 0.625. The molecule has 0 saturated carbocycles. The average molecular weight is 496 g/mol. The first kappa shape index (κ1) is 15.5. The maximum absolute atomic E-state index is 6.02. The molecule has 1 atom stereocenters. The van der Waals surface area contributed by atoms with Crippen molar-refractivity contribution in [1.29, 1.82) is 0 Å². The molecule has 0 aliphatic carbocycles. The standard InChI is InChI=1S/C15H13Br2IO/c16-13-5-1-3-11(7-13)10-19-15(9-18)12-4-2-6-14(17)8-12/h1-8,15H,9-10H2. The maximum atomic E-state index is 6.02. The zero-order valence-corrected chi connectivity index (χ0v) is 15.5. The Balaban J connectivity index is 2.04. The highest BCUT2D eigenvalue weighted by Gasteiger charge is 2.11. The summed E-state index contributed by atoms with van der Waals surface area (Å²) in [5, 5.41) is 0. The predicted molar refractivity (Wildman–Crippen MR) is 94.7 cm³/mol. The zero-order valence-electron chi connectivity index (χ0n) is 10.2. The van der Waals surface area contributed by atoms with Crippen LogP contribution < -0.4 is 0 Å². The van der Waals surface area contributed by atoms with Crippen LogP contribution in [0.3, 0.4) is 0 Å². The van der Waals surface area contributed by atoms with E-state index in [9.17, 15) is 0 Å². The van der Waals surface area contributed by atoms with Crippen LogP contribution in [0.2, 0.25) is 0 Å². The molecule has 0 saturated heterocycles. The highest BCUT2D eigenvalue weighted by Crippen LogP contribution is 2.24. The van der Waals surface area contributed by atoms with Gasteiger partial charge in [-0.1, -0.05) is 78.7 Å². The zero-order chi connectivity index (χ0) is 13.7. The van der Waals surface area contributed by atoms with Gasteiger partial charge in [0.25, 0.3) is 0 Å². The number of alkyl halides is 1. The van der Waals surface area contributed by atoms with Gasteiger partial charge in [0, 0.05) is 13.4 Å². The van der Waals surface area contributed by atoms with Crippen LogP contribution in [-0.2, 0) is 11.3 Å². The number of ether oxygens (including phenoxy) is 1. The van der Waals surface area contributed by atoms with Gasteiger partial charge in [0.15, 0.2) is 0 Å². The molecule has 2 rings (SSSR count). The van der Waals surface area contributed by atoms with Crippen LogP contribution in [0.1, 0.15) is 17.2 Å².